The summed E-state index contributed by atoms with van der Waals surface area (Å²) in [5.41, 5.74) is 1.74. The van der Waals surface area contributed by atoms with Crippen LogP contribution in [0, 0.1) is 13.8 Å². The van der Waals surface area contributed by atoms with Gasteiger partial charge in [0.1, 0.15) is 5.75 Å². The lowest BCUT2D eigenvalue weighted by atomic mass is 9.85. The first-order chi connectivity index (χ1) is 12.4. The molecule has 1 unspecified atom stereocenters. The first-order valence-electron chi connectivity index (χ1n) is 8.65. The summed E-state index contributed by atoms with van der Waals surface area (Å²) in [5.74, 6) is 0.613. The zero-order chi connectivity index (χ0) is 20.4. The summed E-state index contributed by atoms with van der Waals surface area (Å²) in [6.45, 7) is 9.83. The predicted molar refractivity (Wildman–Crippen MR) is 106 cm³/mol. The maximum absolute atomic E-state index is 13.5. The van der Waals surface area contributed by atoms with Crippen LogP contribution in [-0.2, 0) is 16.3 Å². The Kier molecular flexibility index (Phi) is 6.59. The molecule has 0 radical (unpaired) electrons. The summed E-state index contributed by atoms with van der Waals surface area (Å²) in [4.78, 5) is 0. The highest BCUT2D eigenvalue weighted by Crippen LogP contribution is 2.36. The molecule has 2 rings (SSSR count). The van der Waals surface area contributed by atoms with Crippen molar-refractivity contribution in [2.75, 3.05) is 13.9 Å². The number of halogens is 3. The van der Waals surface area contributed by atoms with E-state index in [1.165, 1.54) is 13.2 Å². The van der Waals surface area contributed by atoms with Gasteiger partial charge in [-0.05, 0) is 42.3 Å². The monoisotopic (exact) mass is 398 g/mol. The van der Waals surface area contributed by atoms with Crippen molar-refractivity contribution in [2.45, 2.75) is 46.2 Å². The molecule has 0 aliphatic rings. The lowest BCUT2D eigenvalue weighted by Crippen LogP contribution is -2.22. The summed E-state index contributed by atoms with van der Waals surface area (Å²) in [7, 11) is 1.35. The molecule has 148 valence electrons. The Morgan fingerprint density at radius 2 is 1.52 bits per heavy atom. The first-order valence-corrected chi connectivity index (χ1v) is 9.65. The quantitative estimate of drug-likeness (QED) is 0.507. The molecule has 1 atom stereocenters. The van der Waals surface area contributed by atoms with Crippen LogP contribution in [0.25, 0.3) is 0 Å². The van der Waals surface area contributed by atoms with E-state index in [1.54, 1.807) is 19.1 Å². The molecular formula is C21H26F3O2P. The van der Waals surface area contributed by atoms with Gasteiger partial charge in [-0.3, -0.25) is 0 Å². The van der Waals surface area contributed by atoms with Crippen molar-refractivity contribution in [2.24, 2.45) is 0 Å². The summed E-state index contributed by atoms with van der Waals surface area (Å²) < 4.78 is 51.5. The average Bonchev–Trinajstić information content (AvgIpc) is 2.53. The molecule has 0 heterocycles. The molecule has 0 bridgehead atoms. The third-order valence-electron chi connectivity index (χ3n) is 4.11. The van der Waals surface area contributed by atoms with Crippen LogP contribution in [-0.4, -0.2) is 13.9 Å². The van der Waals surface area contributed by atoms with Crippen molar-refractivity contribution in [3.63, 3.8) is 0 Å². The Morgan fingerprint density at radius 3 is 2.07 bits per heavy atom. The third kappa shape index (κ3) is 5.46. The molecule has 0 spiro atoms. The van der Waals surface area contributed by atoms with E-state index >= 15 is 0 Å². The molecule has 0 fully saturated rings. The van der Waals surface area contributed by atoms with Gasteiger partial charge in [-0.15, -0.1) is 0 Å². The number of rotatable bonds is 5. The highest BCUT2D eigenvalue weighted by atomic mass is 31.1. The van der Waals surface area contributed by atoms with E-state index in [0.29, 0.717) is 11.3 Å². The van der Waals surface area contributed by atoms with Gasteiger partial charge in [0.15, 0.2) is 6.79 Å². The highest BCUT2D eigenvalue weighted by Gasteiger charge is 2.34. The number of alkyl halides is 3. The maximum atomic E-state index is 13.5. The second-order valence-corrected chi connectivity index (χ2v) is 8.99. The van der Waals surface area contributed by atoms with E-state index in [1.807, 2.05) is 19.1 Å². The Hall–Kier alpha value is -1.58. The van der Waals surface area contributed by atoms with Gasteiger partial charge in [0.25, 0.3) is 0 Å². The topological polar surface area (TPSA) is 18.5 Å². The number of ether oxygens (including phenoxy) is 2. The number of hydrogen-bond acceptors (Lipinski definition) is 2. The molecule has 0 saturated heterocycles. The molecule has 2 nitrogen and oxygen atoms in total. The standard InChI is InChI=1S/C21H26F3O2P/c1-13-7-8-17(15(9-13)21(22,23)24)27-18-11-14(2)10-16(20(3,4)5)19(18)26-12-25-6/h7-11,27H,12H2,1-6H3. The van der Waals surface area contributed by atoms with E-state index in [9.17, 15) is 13.2 Å². The van der Waals surface area contributed by atoms with Crippen LogP contribution in [0.5, 0.6) is 5.75 Å². The van der Waals surface area contributed by atoms with Crippen molar-refractivity contribution >= 4 is 19.2 Å². The molecule has 0 amide bonds. The SMILES string of the molecule is COCOc1c(Pc2ccc(C)cc2C(F)(F)F)cc(C)cc1C(C)(C)C. The molecule has 27 heavy (non-hydrogen) atoms. The number of hydrogen-bond donors (Lipinski definition) is 0. The molecule has 0 saturated carbocycles. The van der Waals surface area contributed by atoms with E-state index in [0.717, 1.165) is 16.4 Å². The van der Waals surface area contributed by atoms with Gasteiger partial charge in [-0.1, -0.05) is 53.1 Å². The lowest BCUT2D eigenvalue weighted by molar-refractivity contribution is -0.136. The zero-order valence-corrected chi connectivity index (χ0v) is 17.5. The van der Waals surface area contributed by atoms with Gasteiger partial charge in [-0.2, -0.15) is 13.2 Å². The van der Waals surface area contributed by atoms with Crippen molar-refractivity contribution in [3.8, 4) is 5.75 Å². The molecule has 0 aliphatic carbocycles. The second kappa shape index (κ2) is 8.20. The van der Waals surface area contributed by atoms with Gasteiger partial charge >= 0.3 is 6.18 Å². The number of methoxy groups -OCH3 is 1. The van der Waals surface area contributed by atoms with Crippen molar-refractivity contribution in [1.29, 1.82) is 0 Å². The normalized spacial score (nSPS) is 12.8. The molecule has 2 aromatic rings. The molecule has 6 heteroatoms. The molecule has 2 aromatic carbocycles. The van der Waals surface area contributed by atoms with E-state index in [2.05, 4.69) is 20.8 Å². The van der Waals surface area contributed by atoms with Crippen molar-refractivity contribution in [1.82, 2.24) is 0 Å². The van der Waals surface area contributed by atoms with Crippen molar-refractivity contribution in [3.05, 3.63) is 52.6 Å². The fraction of sp³-hybridized carbons (Fsp3) is 0.429. The van der Waals surface area contributed by atoms with Crippen LogP contribution >= 0.6 is 8.58 Å². The Balaban J connectivity index is 2.61. The average molecular weight is 398 g/mol. The minimum Gasteiger partial charge on any atom is -0.467 e. The summed E-state index contributed by atoms with van der Waals surface area (Å²) in [6, 6.07) is 8.42. The molecular weight excluding hydrogens is 372 g/mol. The van der Waals surface area contributed by atoms with E-state index < -0.39 is 11.7 Å². The minimum atomic E-state index is -4.39. The largest absolute Gasteiger partial charge is 0.467 e. The summed E-state index contributed by atoms with van der Waals surface area (Å²) in [5, 5.41) is 1.02. The van der Waals surface area contributed by atoms with Crippen LogP contribution in [0.2, 0.25) is 0 Å². The zero-order valence-electron chi connectivity index (χ0n) is 16.5. The third-order valence-corrected chi connectivity index (χ3v) is 5.46. The smallest absolute Gasteiger partial charge is 0.417 e. The second-order valence-electron chi connectivity index (χ2n) is 7.66. The Bertz CT molecular complexity index is 808. The summed E-state index contributed by atoms with van der Waals surface area (Å²) >= 11 is 0. The highest BCUT2D eigenvalue weighted by molar-refractivity contribution is 7.55. The fourth-order valence-electron chi connectivity index (χ4n) is 2.84. The lowest BCUT2D eigenvalue weighted by Gasteiger charge is -2.26. The van der Waals surface area contributed by atoms with Crippen LogP contribution in [0.4, 0.5) is 13.2 Å². The van der Waals surface area contributed by atoms with Gasteiger partial charge in [0.2, 0.25) is 0 Å². The summed E-state index contributed by atoms with van der Waals surface area (Å²) in [6.07, 6.45) is -4.39. The maximum Gasteiger partial charge on any atom is 0.417 e. The fourth-order valence-corrected chi connectivity index (χ4v) is 4.27. The molecule has 0 N–H and O–H groups in total. The number of aryl methyl sites for hydroxylation is 2. The van der Waals surface area contributed by atoms with Crippen molar-refractivity contribution < 1.29 is 22.6 Å². The molecule has 0 aliphatic heterocycles. The Morgan fingerprint density at radius 1 is 0.889 bits per heavy atom. The van der Waals surface area contributed by atoms with Crippen LogP contribution < -0.4 is 15.3 Å². The van der Waals surface area contributed by atoms with Gasteiger partial charge in [-0.25, -0.2) is 0 Å². The minimum absolute atomic E-state index is 0.0453. The first kappa shape index (κ1) is 21.7. The van der Waals surface area contributed by atoms with Gasteiger partial charge < -0.3 is 9.47 Å². The van der Waals surface area contributed by atoms with Crippen LogP contribution in [0.1, 0.15) is 43.0 Å². The van der Waals surface area contributed by atoms with Crippen LogP contribution in [0.3, 0.4) is 0 Å². The van der Waals surface area contributed by atoms with Crippen LogP contribution in [0.15, 0.2) is 30.3 Å². The van der Waals surface area contributed by atoms with Gasteiger partial charge in [0.05, 0.1) is 5.56 Å². The molecule has 0 aromatic heterocycles. The predicted octanol–water partition coefficient (Wildman–Crippen LogP) is 5.23. The van der Waals surface area contributed by atoms with E-state index in [4.69, 9.17) is 9.47 Å². The Labute approximate surface area is 160 Å². The van der Waals surface area contributed by atoms with Gasteiger partial charge in [0, 0.05) is 18.0 Å². The van der Waals surface area contributed by atoms with E-state index in [-0.39, 0.29) is 26.1 Å². The number of benzene rings is 2.